The number of aromatic nitrogens is 1. The highest BCUT2D eigenvalue weighted by Gasteiger charge is 2.22. The van der Waals surface area contributed by atoms with E-state index in [1.54, 1.807) is 11.3 Å². The molecule has 0 radical (unpaired) electrons. The second-order valence-electron chi connectivity index (χ2n) is 7.16. The van der Waals surface area contributed by atoms with E-state index in [9.17, 15) is 5.11 Å². The Bertz CT molecular complexity index is 894. The smallest absolute Gasteiger partial charge is 0.186 e. The van der Waals surface area contributed by atoms with Crippen molar-refractivity contribution in [2.24, 2.45) is 0 Å². The third-order valence-electron chi connectivity index (χ3n) is 5.16. The SMILES string of the molecule is CCOc1ccc(CN[C@@H]2CCCN(c3nc4ccccc4s3)C2)cc1CO. The van der Waals surface area contributed by atoms with Gasteiger partial charge in [0.05, 0.1) is 23.4 Å². The van der Waals surface area contributed by atoms with E-state index in [0.717, 1.165) is 41.6 Å². The highest BCUT2D eigenvalue weighted by molar-refractivity contribution is 7.22. The molecule has 1 saturated heterocycles. The fourth-order valence-corrected chi connectivity index (χ4v) is 4.74. The number of thiazole rings is 1. The maximum atomic E-state index is 9.59. The number of rotatable bonds is 7. The molecule has 0 saturated carbocycles. The normalized spacial score (nSPS) is 17.2. The molecule has 0 amide bonds. The van der Waals surface area contributed by atoms with Crippen LogP contribution >= 0.6 is 11.3 Å². The number of ether oxygens (including phenoxy) is 1. The molecule has 5 nitrogen and oxygen atoms in total. The first-order chi connectivity index (χ1) is 13.8. The van der Waals surface area contributed by atoms with E-state index >= 15 is 0 Å². The van der Waals surface area contributed by atoms with Crippen LogP contribution in [-0.2, 0) is 13.2 Å². The number of aliphatic hydroxyl groups is 1. The second kappa shape index (κ2) is 8.90. The number of hydrogen-bond acceptors (Lipinski definition) is 6. The van der Waals surface area contributed by atoms with Crippen molar-refractivity contribution in [3.63, 3.8) is 0 Å². The van der Waals surface area contributed by atoms with Gasteiger partial charge in [0.2, 0.25) is 0 Å². The lowest BCUT2D eigenvalue weighted by Crippen LogP contribution is -2.45. The zero-order chi connectivity index (χ0) is 19.3. The third kappa shape index (κ3) is 4.29. The summed E-state index contributed by atoms with van der Waals surface area (Å²) >= 11 is 1.78. The van der Waals surface area contributed by atoms with Crippen LogP contribution in [0.25, 0.3) is 10.2 Å². The van der Waals surface area contributed by atoms with Gasteiger partial charge in [0.15, 0.2) is 5.13 Å². The lowest BCUT2D eigenvalue weighted by atomic mass is 10.0. The monoisotopic (exact) mass is 397 g/mol. The summed E-state index contributed by atoms with van der Waals surface area (Å²) in [6.45, 7) is 5.39. The number of piperidine rings is 1. The lowest BCUT2D eigenvalue weighted by Gasteiger charge is -2.33. The van der Waals surface area contributed by atoms with Gasteiger partial charge in [-0.05, 0) is 49.6 Å². The van der Waals surface area contributed by atoms with Crippen molar-refractivity contribution in [3.8, 4) is 5.75 Å². The van der Waals surface area contributed by atoms with Gasteiger partial charge in [-0.15, -0.1) is 0 Å². The maximum absolute atomic E-state index is 9.59. The standard InChI is InChI=1S/C22H27N3O2S/c1-2-27-20-10-9-16(12-17(20)15-26)13-23-18-6-5-11-25(14-18)22-24-19-7-3-4-8-21(19)28-22/h3-4,7-10,12,18,23,26H,2,5-6,11,13-15H2,1H3/t18-/m1/s1. The first kappa shape index (κ1) is 19.2. The van der Waals surface area contributed by atoms with Gasteiger partial charge in [-0.3, -0.25) is 0 Å². The molecule has 0 spiro atoms. The molecule has 1 atom stereocenters. The zero-order valence-corrected chi connectivity index (χ0v) is 17.0. The summed E-state index contributed by atoms with van der Waals surface area (Å²) in [4.78, 5) is 7.22. The van der Waals surface area contributed by atoms with Gasteiger partial charge in [0.1, 0.15) is 5.75 Å². The molecular formula is C22H27N3O2S. The predicted molar refractivity (Wildman–Crippen MR) is 115 cm³/mol. The van der Waals surface area contributed by atoms with Gasteiger partial charge in [-0.25, -0.2) is 4.98 Å². The van der Waals surface area contributed by atoms with Gasteiger partial charge in [-0.2, -0.15) is 0 Å². The molecule has 2 N–H and O–H groups in total. The Kier molecular flexibility index (Phi) is 6.10. The quantitative estimate of drug-likeness (QED) is 0.632. The summed E-state index contributed by atoms with van der Waals surface area (Å²) in [7, 11) is 0. The number of hydrogen-bond donors (Lipinski definition) is 2. The fourth-order valence-electron chi connectivity index (χ4n) is 3.74. The van der Waals surface area contributed by atoms with Crippen molar-refractivity contribution >= 4 is 26.7 Å². The van der Waals surface area contributed by atoms with E-state index in [1.165, 1.54) is 23.1 Å². The van der Waals surface area contributed by atoms with Crippen molar-refractivity contribution in [1.29, 1.82) is 0 Å². The number of aliphatic hydroxyl groups excluding tert-OH is 1. The van der Waals surface area contributed by atoms with Gasteiger partial charge >= 0.3 is 0 Å². The fraction of sp³-hybridized carbons (Fsp3) is 0.409. The summed E-state index contributed by atoms with van der Waals surface area (Å²) in [5.74, 6) is 0.772. The van der Waals surface area contributed by atoms with Crippen LogP contribution in [-0.4, -0.2) is 35.8 Å². The number of benzene rings is 2. The third-order valence-corrected chi connectivity index (χ3v) is 6.26. The largest absolute Gasteiger partial charge is 0.494 e. The minimum Gasteiger partial charge on any atom is -0.494 e. The van der Waals surface area contributed by atoms with Crippen LogP contribution in [0.15, 0.2) is 42.5 Å². The number of nitrogens with one attached hydrogen (secondary N) is 1. The summed E-state index contributed by atoms with van der Waals surface area (Å²) in [6, 6.07) is 14.8. The highest BCUT2D eigenvalue weighted by Crippen LogP contribution is 2.30. The van der Waals surface area contributed by atoms with E-state index in [4.69, 9.17) is 9.72 Å². The van der Waals surface area contributed by atoms with E-state index in [0.29, 0.717) is 12.6 Å². The molecule has 1 aliphatic rings. The molecule has 148 valence electrons. The Labute approximate surface area is 170 Å². The topological polar surface area (TPSA) is 57.6 Å². The summed E-state index contributed by atoms with van der Waals surface area (Å²) in [6.07, 6.45) is 2.34. The Morgan fingerprint density at radius 1 is 1.29 bits per heavy atom. The number of fused-ring (bicyclic) bond motifs is 1. The Hall–Kier alpha value is -2.15. The second-order valence-corrected chi connectivity index (χ2v) is 8.17. The number of nitrogens with zero attached hydrogens (tertiary/aromatic N) is 2. The van der Waals surface area contributed by atoms with Crippen molar-refractivity contribution < 1.29 is 9.84 Å². The molecule has 1 fully saturated rings. The minimum absolute atomic E-state index is 0.00200. The predicted octanol–water partition coefficient (Wildman–Crippen LogP) is 3.95. The van der Waals surface area contributed by atoms with Crippen molar-refractivity contribution in [2.75, 3.05) is 24.6 Å². The van der Waals surface area contributed by atoms with Crippen LogP contribution in [0.5, 0.6) is 5.75 Å². The summed E-state index contributed by atoms with van der Waals surface area (Å²) in [5.41, 5.74) is 3.11. The Morgan fingerprint density at radius 2 is 2.18 bits per heavy atom. The van der Waals surface area contributed by atoms with Crippen LogP contribution in [0, 0.1) is 0 Å². The summed E-state index contributed by atoms with van der Waals surface area (Å²) in [5, 5.41) is 14.4. The van der Waals surface area contributed by atoms with E-state index in [-0.39, 0.29) is 6.61 Å². The van der Waals surface area contributed by atoms with Crippen LogP contribution < -0.4 is 15.0 Å². The van der Waals surface area contributed by atoms with Crippen LogP contribution in [0.2, 0.25) is 0 Å². The Balaban J connectivity index is 1.39. The van der Waals surface area contributed by atoms with Crippen molar-refractivity contribution in [2.45, 2.75) is 39.0 Å². The molecule has 28 heavy (non-hydrogen) atoms. The first-order valence-electron chi connectivity index (χ1n) is 9.96. The van der Waals surface area contributed by atoms with Crippen LogP contribution in [0.3, 0.4) is 0 Å². The minimum atomic E-state index is -0.00200. The molecule has 0 bridgehead atoms. The van der Waals surface area contributed by atoms with E-state index in [1.807, 2.05) is 25.1 Å². The van der Waals surface area contributed by atoms with Crippen molar-refractivity contribution in [1.82, 2.24) is 10.3 Å². The average Bonchev–Trinajstić information content (AvgIpc) is 3.18. The number of anilines is 1. The first-order valence-corrected chi connectivity index (χ1v) is 10.8. The van der Waals surface area contributed by atoms with Gasteiger partial charge in [0, 0.05) is 31.2 Å². The van der Waals surface area contributed by atoms with Gasteiger partial charge in [0.25, 0.3) is 0 Å². The van der Waals surface area contributed by atoms with Crippen LogP contribution in [0.4, 0.5) is 5.13 Å². The van der Waals surface area contributed by atoms with Crippen molar-refractivity contribution in [3.05, 3.63) is 53.6 Å². The van der Waals surface area contributed by atoms with Crippen LogP contribution in [0.1, 0.15) is 30.9 Å². The molecule has 4 rings (SSSR count). The molecule has 0 unspecified atom stereocenters. The molecule has 0 aliphatic carbocycles. The molecule has 2 heterocycles. The lowest BCUT2D eigenvalue weighted by molar-refractivity contribution is 0.267. The van der Waals surface area contributed by atoms with Gasteiger partial charge < -0.3 is 20.1 Å². The molecule has 3 aromatic rings. The summed E-state index contributed by atoms with van der Waals surface area (Å²) < 4.78 is 6.82. The maximum Gasteiger partial charge on any atom is 0.186 e. The highest BCUT2D eigenvalue weighted by atomic mass is 32.1. The molecule has 1 aromatic heterocycles. The van der Waals surface area contributed by atoms with E-state index < -0.39 is 0 Å². The van der Waals surface area contributed by atoms with E-state index in [2.05, 4.69) is 34.5 Å². The average molecular weight is 398 g/mol. The molecule has 1 aliphatic heterocycles. The molecule has 2 aromatic carbocycles. The zero-order valence-electron chi connectivity index (χ0n) is 16.2. The molecule has 6 heteroatoms. The number of para-hydroxylation sites is 1. The molecular weight excluding hydrogens is 370 g/mol. The Morgan fingerprint density at radius 3 is 3.00 bits per heavy atom. The van der Waals surface area contributed by atoms with Gasteiger partial charge in [-0.1, -0.05) is 29.5 Å².